The van der Waals surface area contributed by atoms with Gasteiger partial charge in [-0.05, 0) is 32.1 Å². The first-order chi connectivity index (χ1) is 18.7. The second-order valence-electron chi connectivity index (χ2n) is 10.4. The van der Waals surface area contributed by atoms with Crippen molar-refractivity contribution >= 4 is 32.5 Å². The molecular formula is C26H48N2O10S2. The second-order valence-corrected chi connectivity index (χ2v) is 13.1. The number of allylic oxidation sites excluding steroid dienone is 1. The average Bonchev–Trinajstić information content (AvgIpc) is 3.05. The van der Waals surface area contributed by atoms with E-state index in [0.717, 1.165) is 51.4 Å². The molecule has 2 rings (SSSR count). The maximum absolute atomic E-state index is 11.9. The molecule has 0 radical (unpaired) electrons. The quantitative estimate of drug-likeness (QED) is 0.259. The molecule has 0 aromatic heterocycles. The van der Waals surface area contributed by atoms with Crippen molar-refractivity contribution in [2.24, 2.45) is 5.92 Å². The van der Waals surface area contributed by atoms with Crippen LogP contribution in [0.5, 0.6) is 0 Å². The van der Waals surface area contributed by atoms with Crippen LogP contribution in [-0.2, 0) is 48.0 Å². The summed E-state index contributed by atoms with van der Waals surface area (Å²) < 4.78 is 71.7. The van der Waals surface area contributed by atoms with E-state index in [4.69, 9.17) is 13.7 Å². The van der Waals surface area contributed by atoms with Crippen molar-refractivity contribution in [2.45, 2.75) is 123 Å². The highest BCUT2D eigenvalue weighted by molar-refractivity contribution is 7.85. The Labute approximate surface area is 240 Å². The van der Waals surface area contributed by atoms with E-state index in [1.165, 1.54) is 13.8 Å². The Hall–Kier alpha value is -1.74. The molecule has 40 heavy (non-hydrogen) atoms. The normalized spacial score (nSPS) is 27.6. The molecule has 0 aliphatic carbocycles. The van der Waals surface area contributed by atoms with E-state index < -0.39 is 50.3 Å². The number of unbranched alkanes of at least 4 members (excludes halogenated alkanes) is 5. The molecular weight excluding hydrogens is 564 g/mol. The summed E-state index contributed by atoms with van der Waals surface area (Å²) in [4.78, 5) is 22.4. The van der Waals surface area contributed by atoms with E-state index in [-0.39, 0.29) is 19.1 Å². The molecule has 0 aromatic carbocycles. The highest BCUT2D eigenvalue weighted by Gasteiger charge is 2.46. The molecule has 0 bridgehead atoms. The molecule has 0 saturated carbocycles. The van der Waals surface area contributed by atoms with Gasteiger partial charge in [0, 0.05) is 26.7 Å². The minimum Gasteiger partial charge on any atom is -0.460 e. The fourth-order valence-electron chi connectivity index (χ4n) is 4.54. The molecule has 0 amide bonds. The van der Waals surface area contributed by atoms with E-state index in [2.05, 4.69) is 27.5 Å². The van der Waals surface area contributed by atoms with Gasteiger partial charge in [-0.25, -0.2) is 0 Å². The van der Waals surface area contributed by atoms with Crippen LogP contribution in [-0.4, -0.2) is 59.7 Å². The largest absolute Gasteiger partial charge is 0.460 e. The van der Waals surface area contributed by atoms with Gasteiger partial charge in [-0.1, -0.05) is 59.0 Å². The summed E-state index contributed by atoms with van der Waals surface area (Å²) in [5.74, 6) is -0.816. The van der Waals surface area contributed by atoms with Gasteiger partial charge in [-0.15, -0.1) is 0 Å². The highest BCUT2D eigenvalue weighted by Crippen LogP contribution is 2.32. The molecule has 12 nitrogen and oxygen atoms in total. The van der Waals surface area contributed by atoms with Crippen molar-refractivity contribution in [1.82, 2.24) is 9.44 Å². The molecule has 234 valence electrons. The van der Waals surface area contributed by atoms with E-state index in [1.807, 2.05) is 6.92 Å². The zero-order valence-electron chi connectivity index (χ0n) is 24.7. The van der Waals surface area contributed by atoms with Crippen LogP contribution in [0.2, 0.25) is 0 Å². The summed E-state index contributed by atoms with van der Waals surface area (Å²) in [6.45, 7) is 10.7. The third-order valence-corrected chi connectivity index (χ3v) is 9.02. The summed E-state index contributed by atoms with van der Waals surface area (Å²) in [6, 6.07) is 0. The zero-order valence-corrected chi connectivity index (χ0v) is 26.3. The summed E-state index contributed by atoms with van der Waals surface area (Å²) in [6.07, 6.45) is 9.30. The van der Waals surface area contributed by atoms with Gasteiger partial charge in [0.2, 0.25) is 0 Å². The van der Waals surface area contributed by atoms with Gasteiger partial charge in [0.05, 0.1) is 24.4 Å². The molecule has 2 aliphatic heterocycles. The summed E-state index contributed by atoms with van der Waals surface area (Å²) in [5.41, 5.74) is -0.460. The number of ether oxygens (including phenoxy) is 2. The Kier molecular flexibility index (Phi) is 15.7. The molecule has 0 aromatic rings. The molecule has 4 atom stereocenters. The Morgan fingerprint density at radius 1 is 0.950 bits per heavy atom. The van der Waals surface area contributed by atoms with Crippen molar-refractivity contribution in [1.29, 1.82) is 0 Å². The Morgan fingerprint density at radius 2 is 1.52 bits per heavy atom. The van der Waals surface area contributed by atoms with Crippen LogP contribution in [0.15, 0.2) is 11.8 Å². The monoisotopic (exact) mass is 612 g/mol. The van der Waals surface area contributed by atoms with Crippen LogP contribution in [0.1, 0.15) is 106 Å². The van der Waals surface area contributed by atoms with Crippen LogP contribution >= 0.6 is 0 Å². The second kappa shape index (κ2) is 17.3. The van der Waals surface area contributed by atoms with Gasteiger partial charge in [0.1, 0.15) is 12.2 Å². The zero-order chi connectivity index (χ0) is 30.4. The van der Waals surface area contributed by atoms with Gasteiger partial charge >= 0.3 is 32.5 Å². The summed E-state index contributed by atoms with van der Waals surface area (Å²) in [5, 5.41) is 0. The van der Waals surface area contributed by atoms with Gasteiger partial charge < -0.3 is 9.47 Å². The van der Waals surface area contributed by atoms with Crippen LogP contribution in [0.25, 0.3) is 0 Å². The fourth-order valence-corrected chi connectivity index (χ4v) is 6.66. The molecule has 2 aliphatic rings. The van der Waals surface area contributed by atoms with Crippen LogP contribution in [0, 0.1) is 5.92 Å². The van der Waals surface area contributed by atoms with Crippen molar-refractivity contribution in [3.05, 3.63) is 11.8 Å². The number of carbonyl (C=O) groups is 2. The molecule has 2 fully saturated rings. The van der Waals surface area contributed by atoms with Crippen LogP contribution in [0.4, 0.5) is 0 Å². The Bertz CT molecular complexity index is 1050. The Morgan fingerprint density at radius 3 is 2.12 bits per heavy atom. The standard InChI is InChI=1S/C14H27NO5S.C12H21NO5S/c1-5-6-7-8-11(2)14(4)13(20-12(3)16)9-10-19-21(17,18)15-14;1-3-4-5-6-7-11-12(18-10(2)14)8-9-17-19(15,16)13-11/h11,13,15H,5-10H2,1-4H3;7,12-13H,3-6,8-9H2,1-2H3/b;11-7+/t11-,13+,14+;12-/m01/s1. The van der Waals surface area contributed by atoms with Gasteiger partial charge in [0.15, 0.2) is 0 Å². The Balaban J connectivity index is 0.000000402. The lowest BCUT2D eigenvalue weighted by molar-refractivity contribution is -0.152. The highest BCUT2D eigenvalue weighted by atomic mass is 32.2. The number of nitrogens with one attached hydrogen (secondary N) is 2. The lowest BCUT2D eigenvalue weighted by atomic mass is 9.78. The van der Waals surface area contributed by atoms with E-state index in [0.29, 0.717) is 18.5 Å². The minimum atomic E-state index is -3.81. The molecule has 2 heterocycles. The van der Waals surface area contributed by atoms with E-state index in [1.54, 1.807) is 13.0 Å². The molecule has 0 unspecified atom stereocenters. The number of carbonyl (C=O) groups excluding carboxylic acids is 2. The number of hydrogen-bond donors (Lipinski definition) is 2. The van der Waals surface area contributed by atoms with Crippen LogP contribution in [0.3, 0.4) is 0 Å². The number of esters is 2. The maximum Gasteiger partial charge on any atom is 0.359 e. The fraction of sp³-hybridized carbons (Fsp3) is 0.846. The smallest absolute Gasteiger partial charge is 0.359 e. The summed E-state index contributed by atoms with van der Waals surface area (Å²) in [7, 11) is -7.60. The number of rotatable bonds is 11. The molecule has 0 spiro atoms. The molecule has 2 N–H and O–H groups in total. The van der Waals surface area contributed by atoms with Gasteiger partial charge in [-0.3, -0.25) is 22.7 Å². The number of hydrogen-bond acceptors (Lipinski definition) is 10. The average molecular weight is 613 g/mol. The first-order valence-electron chi connectivity index (χ1n) is 14.1. The van der Waals surface area contributed by atoms with Crippen molar-refractivity contribution in [3.8, 4) is 0 Å². The topological polar surface area (TPSA) is 163 Å². The predicted octanol–water partition coefficient (Wildman–Crippen LogP) is 3.78. The predicted molar refractivity (Wildman–Crippen MR) is 150 cm³/mol. The van der Waals surface area contributed by atoms with E-state index in [9.17, 15) is 26.4 Å². The third kappa shape index (κ3) is 13.3. The van der Waals surface area contributed by atoms with Crippen molar-refractivity contribution in [2.75, 3.05) is 13.2 Å². The van der Waals surface area contributed by atoms with Gasteiger partial charge in [0.25, 0.3) is 0 Å². The lowest BCUT2D eigenvalue weighted by Crippen LogP contribution is -2.58. The SMILES string of the molecule is CCCCC/C=C1/NS(=O)(=O)OCC[C@H]1OC(C)=O.CCCCC[C@H](C)[C@@]1(C)NS(=O)(=O)OCC[C@H]1OC(C)=O. The van der Waals surface area contributed by atoms with Crippen molar-refractivity contribution in [3.63, 3.8) is 0 Å². The van der Waals surface area contributed by atoms with Crippen LogP contribution < -0.4 is 9.44 Å². The lowest BCUT2D eigenvalue weighted by Gasteiger charge is -2.40. The summed E-state index contributed by atoms with van der Waals surface area (Å²) >= 11 is 0. The third-order valence-electron chi connectivity index (χ3n) is 6.89. The molecule has 14 heteroatoms. The molecule has 2 saturated heterocycles. The minimum absolute atomic E-state index is 0.000417. The maximum atomic E-state index is 11.9. The van der Waals surface area contributed by atoms with E-state index >= 15 is 0 Å². The van der Waals surface area contributed by atoms with Crippen molar-refractivity contribution < 1.29 is 44.3 Å². The first kappa shape index (κ1) is 36.3. The van der Waals surface area contributed by atoms with Gasteiger partial charge in [-0.2, -0.15) is 21.6 Å². The first-order valence-corrected chi connectivity index (χ1v) is 16.9.